The van der Waals surface area contributed by atoms with Crippen LogP contribution >= 0.6 is 0 Å². The molecule has 0 bridgehead atoms. The molecule has 5 heteroatoms. The Labute approximate surface area is 128 Å². The van der Waals surface area contributed by atoms with Gasteiger partial charge in [-0.1, -0.05) is 51.2 Å². The molecule has 0 unspecified atom stereocenters. The van der Waals surface area contributed by atoms with E-state index >= 15 is 0 Å². The summed E-state index contributed by atoms with van der Waals surface area (Å²) in [6.45, 7) is 3.07. The van der Waals surface area contributed by atoms with Crippen LogP contribution in [0.5, 0.6) is 5.75 Å². The van der Waals surface area contributed by atoms with Gasteiger partial charge in [0.15, 0.2) is 0 Å². The fraction of sp³-hybridized carbons (Fsp3) is 0.625. The molecule has 118 valence electrons. The number of ether oxygens (including phenoxy) is 1. The predicted octanol–water partition coefficient (Wildman–Crippen LogP) is 3.57. The van der Waals surface area contributed by atoms with Gasteiger partial charge in [0.1, 0.15) is 5.75 Å². The minimum absolute atomic E-state index is 0.321. The van der Waals surface area contributed by atoms with Crippen LogP contribution in [-0.2, 0) is 15.9 Å². The second-order valence-corrected chi connectivity index (χ2v) is 5.10. The highest BCUT2D eigenvalue weighted by molar-refractivity contribution is 6.34. The number of hydrogen-bond acceptors (Lipinski definition) is 4. The molecule has 1 rings (SSSR count). The quantitative estimate of drug-likeness (QED) is 0.473. The van der Waals surface area contributed by atoms with E-state index in [1.807, 2.05) is 24.3 Å². The summed E-state index contributed by atoms with van der Waals surface area (Å²) in [5, 5.41) is 9.58. The minimum atomic E-state index is -1.15. The van der Waals surface area contributed by atoms with Crippen molar-refractivity contribution >= 4 is 7.32 Å². The van der Waals surface area contributed by atoms with E-state index in [4.69, 9.17) is 14.0 Å². The third kappa shape index (κ3) is 8.76. The van der Waals surface area contributed by atoms with Crippen LogP contribution in [0.25, 0.3) is 0 Å². The summed E-state index contributed by atoms with van der Waals surface area (Å²) in [4.78, 5) is 0. The maximum atomic E-state index is 9.58. The van der Waals surface area contributed by atoms with E-state index in [9.17, 15) is 5.02 Å². The van der Waals surface area contributed by atoms with Gasteiger partial charge in [0.25, 0.3) is 0 Å². The number of methoxy groups -OCH3 is 1. The Hall–Kier alpha value is -1.04. The Morgan fingerprint density at radius 3 is 2.29 bits per heavy atom. The molecule has 0 saturated heterocycles. The summed E-state index contributed by atoms with van der Waals surface area (Å²) in [5.74, 6) is 0.804. The van der Waals surface area contributed by atoms with Crippen molar-refractivity contribution in [1.82, 2.24) is 0 Å². The third-order valence-corrected chi connectivity index (χ3v) is 3.31. The molecule has 0 atom stereocenters. The van der Waals surface area contributed by atoms with Gasteiger partial charge in [-0.05, 0) is 24.1 Å². The van der Waals surface area contributed by atoms with Gasteiger partial charge in [-0.15, -0.1) is 0 Å². The molecule has 0 saturated carbocycles. The van der Waals surface area contributed by atoms with Crippen LogP contribution in [0.1, 0.15) is 51.0 Å². The van der Waals surface area contributed by atoms with Crippen molar-refractivity contribution in [2.24, 2.45) is 0 Å². The van der Waals surface area contributed by atoms with Gasteiger partial charge in [-0.2, -0.15) is 0 Å². The summed E-state index contributed by atoms with van der Waals surface area (Å²) in [5.41, 5.74) is 0.970. The van der Waals surface area contributed by atoms with Crippen LogP contribution in [0.3, 0.4) is 0 Å². The molecular weight excluding hydrogens is 267 g/mol. The SMILES string of the molecule is CCCCCCCCOB(O)OCc1ccc(OC)cc1. The molecule has 0 amide bonds. The van der Waals surface area contributed by atoms with E-state index in [2.05, 4.69) is 6.92 Å². The molecule has 1 aromatic rings. The number of rotatable bonds is 12. The monoisotopic (exact) mass is 294 g/mol. The maximum absolute atomic E-state index is 9.58. The van der Waals surface area contributed by atoms with Gasteiger partial charge < -0.3 is 19.1 Å². The minimum Gasteiger partial charge on any atom is -0.497 e. The zero-order chi connectivity index (χ0) is 15.3. The van der Waals surface area contributed by atoms with Crippen molar-refractivity contribution in [3.05, 3.63) is 29.8 Å². The Morgan fingerprint density at radius 1 is 0.952 bits per heavy atom. The van der Waals surface area contributed by atoms with Crippen LogP contribution in [0.2, 0.25) is 0 Å². The number of benzene rings is 1. The van der Waals surface area contributed by atoms with E-state index in [0.29, 0.717) is 13.2 Å². The second kappa shape index (κ2) is 11.6. The largest absolute Gasteiger partial charge is 0.636 e. The van der Waals surface area contributed by atoms with Crippen LogP contribution in [0.15, 0.2) is 24.3 Å². The van der Waals surface area contributed by atoms with Gasteiger partial charge in [0.2, 0.25) is 0 Å². The molecule has 1 N–H and O–H groups in total. The molecule has 0 aliphatic heterocycles. The lowest BCUT2D eigenvalue weighted by Crippen LogP contribution is -2.23. The summed E-state index contributed by atoms with van der Waals surface area (Å²) in [7, 11) is 0.480. The molecule has 0 aromatic heterocycles. The van der Waals surface area contributed by atoms with Crippen LogP contribution < -0.4 is 4.74 Å². The Balaban J connectivity index is 2.03. The molecule has 1 aromatic carbocycles. The third-order valence-electron chi connectivity index (χ3n) is 3.31. The normalized spacial score (nSPS) is 10.6. The lowest BCUT2D eigenvalue weighted by atomic mass is 10.1. The summed E-state index contributed by atoms with van der Waals surface area (Å²) < 4.78 is 15.5. The predicted molar refractivity (Wildman–Crippen MR) is 85.1 cm³/mol. The van der Waals surface area contributed by atoms with E-state index < -0.39 is 7.32 Å². The fourth-order valence-electron chi connectivity index (χ4n) is 2.00. The van der Waals surface area contributed by atoms with Gasteiger partial charge in [-0.25, -0.2) is 0 Å². The van der Waals surface area contributed by atoms with Crippen molar-refractivity contribution in [3.8, 4) is 5.75 Å². The van der Waals surface area contributed by atoms with Crippen molar-refractivity contribution in [3.63, 3.8) is 0 Å². The first-order valence-corrected chi connectivity index (χ1v) is 7.80. The molecule has 0 aliphatic carbocycles. The van der Waals surface area contributed by atoms with E-state index in [0.717, 1.165) is 24.2 Å². The van der Waals surface area contributed by atoms with Crippen molar-refractivity contribution in [2.45, 2.75) is 52.1 Å². The fourth-order valence-corrected chi connectivity index (χ4v) is 2.00. The second-order valence-electron chi connectivity index (χ2n) is 5.10. The molecule has 0 heterocycles. The first kappa shape index (κ1) is 18.0. The maximum Gasteiger partial charge on any atom is 0.636 e. The molecule has 0 aliphatic rings. The van der Waals surface area contributed by atoms with Gasteiger partial charge in [0, 0.05) is 6.61 Å². The molecular formula is C16H27BO4. The van der Waals surface area contributed by atoms with Gasteiger partial charge >= 0.3 is 7.32 Å². The molecule has 0 spiro atoms. The van der Waals surface area contributed by atoms with Gasteiger partial charge in [-0.3, -0.25) is 0 Å². The van der Waals surface area contributed by atoms with E-state index in [-0.39, 0.29) is 0 Å². The van der Waals surface area contributed by atoms with E-state index in [1.54, 1.807) is 7.11 Å². The number of hydrogen-bond donors (Lipinski definition) is 1. The smallest absolute Gasteiger partial charge is 0.497 e. The Morgan fingerprint density at radius 2 is 1.62 bits per heavy atom. The highest BCUT2D eigenvalue weighted by atomic mass is 16.7. The summed E-state index contributed by atoms with van der Waals surface area (Å²) >= 11 is 0. The van der Waals surface area contributed by atoms with E-state index in [1.165, 1.54) is 25.7 Å². The zero-order valence-electron chi connectivity index (χ0n) is 13.2. The van der Waals surface area contributed by atoms with Crippen molar-refractivity contribution in [2.75, 3.05) is 13.7 Å². The highest BCUT2D eigenvalue weighted by Crippen LogP contribution is 2.12. The summed E-state index contributed by atoms with van der Waals surface area (Å²) in [6, 6.07) is 7.53. The summed E-state index contributed by atoms with van der Waals surface area (Å²) in [6.07, 6.45) is 7.19. The highest BCUT2D eigenvalue weighted by Gasteiger charge is 2.15. The molecule has 0 fully saturated rings. The Bertz CT molecular complexity index is 356. The topological polar surface area (TPSA) is 47.9 Å². The standard InChI is InChI=1S/C16H27BO4/c1-3-4-5-6-7-8-13-20-17(18)21-14-15-9-11-16(19-2)12-10-15/h9-12,18H,3-8,13-14H2,1-2H3. The lowest BCUT2D eigenvalue weighted by Gasteiger charge is -2.09. The first-order valence-electron chi connectivity index (χ1n) is 7.80. The van der Waals surface area contributed by atoms with Crippen molar-refractivity contribution < 1.29 is 19.1 Å². The van der Waals surface area contributed by atoms with Crippen LogP contribution in [0, 0.1) is 0 Å². The number of unbranched alkanes of at least 4 members (excludes halogenated alkanes) is 5. The first-order chi connectivity index (χ1) is 10.3. The average molecular weight is 294 g/mol. The molecule has 0 radical (unpaired) electrons. The molecule has 4 nitrogen and oxygen atoms in total. The molecule has 21 heavy (non-hydrogen) atoms. The zero-order valence-corrected chi connectivity index (χ0v) is 13.2. The Kier molecular flexibility index (Phi) is 9.96. The van der Waals surface area contributed by atoms with Crippen molar-refractivity contribution in [1.29, 1.82) is 0 Å². The lowest BCUT2D eigenvalue weighted by molar-refractivity contribution is 0.124. The average Bonchev–Trinajstić information content (AvgIpc) is 2.52. The van der Waals surface area contributed by atoms with Crippen LogP contribution in [-0.4, -0.2) is 26.1 Å². The van der Waals surface area contributed by atoms with Crippen LogP contribution in [0.4, 0.5) is 0 Å². The van der Waals surface area contributed by atoms with Gasteiger partial charge in [0.05, 0.1) is 13.7 Å².